The van der Waals surface area contributed by atoms with Crippen LogP contribution in [0.25, 0.3) is 0 Å². The fourth-order valence-electron chi connectivity index (χ4n) is 3.17. The van der Waals surface area contributed by atoms with Gasteiger partial charge in [-0.2, -0.15) is 4.31 Å². The average Bonchev–Trinajstić information content (AvgIpc) is 3.13. The zero-order chi connectivity index (χ0) is 22.6. The summed E-state index contributed by atoms with van der Waals surface area (Å²) < 4.78 is 50.9. The predicted octanol–water partition coefficient (Wildman–Crippen LogP) is 2.60. The molecule has 2 heterocycles. The van der Waals surface area contributed by atoms with Crippen LogP contribution in [0.1, 0.15) is 12.6 Å². The first-order valence-corrected chi connectivity index (χ1v) is 11.3. The lowest BCUT2D eigenvalue weighted by atomic mass is 10.2. The Kier molecular flexibility index (Phi) is 7.08. The second-order valence-electron chi connectivity index (χ2n) is 7.09. The predicted molar refractivity (Wildman–Crippen MR) is 114 cm³/mol. The zero-order valence-corrected chi connectivity index (χ0v) is 18.3. The number of methoxy groups -OCH3 is 1. The van der Waals surface area contributed by atoms with Gasteiger partial charge in [-0.15, -0.1) is 0 Å². The molecule has 1 saturated heterocycles. The summed E-state index contributed by atoms with van der Waals surface area (Å²) in [5.41, 5.74) is 1.48. The molecule has 1 aliphatic rings. The standard InChI is InChI=1S/C20H25FN4O5S/c1-4-31(27,28)25-11-18(29-3)19(12-25)30-17-8-14(21)7-16(9-17)24-20(26)23-15-6-5-13(2)22-10-15/h5-10,18-19H,4,11-12H2,1-3H3,(H2,23,24,26)/t18-,19+/m1/s1. The van der Waals surface area contributed by atoms with Gasteiger partial charge in [0.1, 0.15) is 23.8 Å². The molecular weight excluding hydrogens is 427 g/mol. The molecule has 168 valence electrons. The largest absolute Gasteiger partial charge is 0.486 e. The fourth-order valence-corrected chi connectivity index (χ4v) is 4.29. The number of rotatable bonds is 7. The van der Waals surface area contributed by atoms with Gasteiger partial charge in [-0.3, -0.25) is 4.98 Å². The molecule has 1 aromatic heterocycles. The molecule has 11 heteroatoms. The molecule has 2 atom stereocenters. The van der Waals surface area contributed by atoms with Gasteiger partial charge in [0, 0.05) is 37.2 Å². The molecule has 0 saturated carbocycles. The summed E-state index contributed by atoms with van der Waals surface area (Å²) in [5.74, 6) is -0.500. The number of aryl methyl sites for hydroxylation is 1. The van der Waals surface area contributed by atoms with Crippen LogP contribution in [0.3, 0.4) is 0 Å². The molecule has 1 aliphatic heterocycles. The monoisotopic (exact) mass is 452 g/mol. The number of hydrogen-bond acceptors (Lipinski definition) is 6. The maximum atomic E-state index is 14.1. The summed E-state index contributed by atoms with van der Waals surface area (Å²) >= 11 is 0. The molecule has 3 rings (SSSR count). The molecule has 2 N–H and O–H groups in total. The van der Waals surface area contributed by atoms with Crippen molar-refractivity contribution in [2.24, 2.45) is 0 Å². The second-order valence-corrected chi connectivity index (χ2v) is 9.35. The van der Waals surface area contributed by atoms with E-state index in [2.05, 4.69) is 15.6 Å². The van der Waals surface area contributed by atoms with Crippen molar-refractivity contribution >= 4 is 27.4 Å². The van der Waals surface area contributed by atoms with Crippen LogP contribution in [0.2, 0.25) is 0 Å². The Morgan fingerprint density at radius 3 is 2.55 bits per heavy atom. The maximum absolute atomic E-state index is 14.1. The van der Waals surface area contributed by atoms with Crippen molar-refractivity contribution in [3.8, 4) is 5.75 Å². The normalized spacial score (nSPS) is 19.2. The first-order chi connectivity index (χ1) is 14.7. The average molecular weight is 453 g/mol. The van der Waals surface area contributed by atoms with Gasteiger partial charge in [-0.25, -0.2) is 17.6 Å². The maximum Gasteiger partial charge on any atom is 0.323 e. The van der Waals surface area contributed by atoms with Crippen molar-refractivity contribution in [3.05, 3.63) is 48.0 Å². The van der Waals surface area contributed by atoms with Gasteiger partial charge in [0.25, 0.3) is 0 Å². The number of anilines is 2. The number of pyridine rings is 1. The number of nitrogens with one attached hydrogen (secondary N) is 2. The Labute approximate surface area is 180 Å². The van der Waals surface area contributed by atoms with Crippen LogP contribution in [0.5, 0.6) is 5.75 Å². The smallest absolute Gasteiger partial charge is 0.323 e. The molecule has 1 fully saturated rings. The zero-order valence-electron chi connectivity index (χ0n) is 17.5. The molecule has 0 bridgehead atoms. The molecule has 31 heavy (non-hydrogen) atoms. The summed E-state index contributed by atoms with van der Waals surface area (Å²) in [7, 11) is -1.94. The third kappa shape index (κ3) is 5.90. The molecule has 9 nitrogen and oxygen atoms in total. The van der Waals surface area contributed by atoms with E-state index in [1.54, 1.807) is 19.1 Å². The highest BCUT2D eigenvalue weighted by Crippen LogP contribution is 2.26. The number of aromatic nitrogens is 1. The van der Waals surface area contributed by atoms with Crippen LogP contribution >= 0.6 is 0 Å². The number of carbonyl (C=O) groups is 1. The van der Waals surface area contributed by atoms with Crippen molar-refractivity contribution in [2.75, 3.05) is 36.6 Å². The molecule has 2 aromatic rings. The highest BCUT2D eigenvalue weighted by Gasteiger charge is 2.39. The number of ether oxygens (including phenoxy) is 2. The van der Waals surface area contributed by atoms with Crippen LogP contribution in [-0.4, -0.2) is 61.9 Å². The number of carbonyl (C=O) groups excluding carboxylic acids is 1. The van der Waals surface area contributed by atoms with Crippen LogP contribution in [-0.2, 0) is 14.8 Å². The van der Waals surface area contributed by atoms with E-state index in [9.17, 15) is 17.6 Å². The third-order valence-electron chi connectivity index (χ3n) is 4.83. The Morgan fingerprint density at radius 1 is 1.19 bits per heavy atom. The molecular formula is C20H25FN4O5S. The van der Waals surface area contributed by atoms with Crippen LogP contribution in [0, 0.1) is 12.7 Å². The van der Waals surface area contributed by atoms with Crippen molar-refractivity contribution in [3.63, 3.8) is 0 Å². The minimum Gasteiger partial charge on any atom is -0.486 e. The molecule has 0 aliphatic carbocycles. The van der Waals surface area contributed by atoms with E-state index in [0.29, 0.717) is 5.69 Å². The quantitative estimate of drug-likeness (QED) is 0.668. The van der Waals surface area contributed by atoms with Gasteiger partial charge in [0.05, 0.1) is 24.2 Å². The van der Waals surface area contributed by atoms with E-state index in [-0.39, 0.29) is 30.3 Å². The number of amides is 2. The molecule has 2 amide bonds. The Hall–Kier alpha value is -2.76. The molecule has 1 aromatic carbocycles. The van der Waals surface area contributed by atoms with Crippen molar-refractivity contribution < 1.29 is 27.1 Å². The highest BCUT2D eigenvalue weighted by molar-refractivity contribution is 7.89. The van der Waals surface area contributed by atoms with Gasteiger partial charge in [0.15, 0.2) is 0 Å². The number of sulfonamides is 1. The van der Waals surface area contributed by atoms with Gasteiger partial charge in [-0.05, 0) is 32.0 Å². The number of nitrogens with zero attached hydrogens (tertiary/aromatic N) is 2. The Balaban J connectivity index is 1.69. The number of benzene rings is 1. The summed E-state index contributed by atoms with van der Waals surface area (Å²) in [4.78, 5) is 16.3. The van der Waals surface area contributed by atoms with E-state index >= 15 is 0 Å². The number of urea groups is 1. The number of halogens is 1. The Bertz CT molecular complexity index is 1030. The first-order valence-electron chi connectivity index (χ1n) is 9.68. The van der Waals surface area contributed by atoms with E-state index in [1.165, 1.54) is 23.7 Å². The van der Waals surface area contributed by atoms with Gasteiger partial charge >= 0.3 is 6.03 Å². The molecule has 0 radical (unpaired) electrons. The van der Waals surface area contributed by atoms with Crippen LogP contribution < -0.4 is 15.4 Å². The summed E-state index contributed by atoms with van der Waals surface area (Å²) in [6.45, 7) is 3.64. The number of hydrogen-bond donors (Lipinski definition) is 2. The van der Waals surface area contributed by atoms with Gasteiger partial charge in [-0.1, -0.05) is 0 Å². The summed E-state index contributed by atoms with van der Waals surface area (Å²) in [6.07, 6.45) is 0.391. The highest BCUT2D eigenvalue weighted by atomic mass is 32.2. The SMILES string of the molecule is CCS(=O)(=O)N1C[C@H](Oc2cc(F)cc(NC(=O)Nc3ccc(C)nc3)c2)[C@H](OC)C1. The lowest BCUT2D eigenvalue weighted by Gasteiger charge is -2.19. The topological polar surface area (TPSA) is 110 Å². The van der Waals surface area contributed by atoms with E-state index in [0.717, 1.165) is 17.8 Å². The second kappa shape index (κ2) is 9.58. The van der Waals surface area contributed by atoms with Crippen LogP contribution in [0.15, 0.2) is 36.5 Å². The van der Waals surface area contributed by atoms with E-state index in [4.69, 9.17) is 9.47 Å². The molecule has 0 spiro atoms. The summed E-state index contributed by atoms with van der Waals surface area (Å²) in [6, 6.07) is 6.65. The van der Waals surface area contributed by atoms with Crippen molar-refractivity contribution in [2.45, 2.75) is 26.1 Å². The van der Waals surface area contributed by atoms with Crippen molar-refractivity contribution in [1.29, 1.82) is 0 Å². The molecule has 0 unspecified atom stereocenters. The lowest BCUT2D eigenvalue weighted by molar-refractivity contribution is 0.0343. The minimum absolute atomic E-state index is 0.0319. The van der Waals surface area contributed by atoms with E-state index in [1.807, 2.05) is 6.92 Å². The summed E-state index contributed by atoms with van der Waals surface area (Å²) in [5, 5.41) is 5.15. The fraction of sp³-hybridized carbons (Fsp3) is 0.400. The lowest BCUT2D eigenvalue weighted by Crippen LogP contribution is -2.32. The Morgan fingerprint density at radius 2 is 1.90 bits per heavy atom. The third-order valence-corrected chi connectivity index (χ3v) is 6.64. The van der Waals surface area contributed by atoms with Crippen molar-refractivity contribution in [1.82, 2.24) is 9.29 Å². The minimum atomic E-state index is -3.40. The van der Waals surface area contributed by atoms with Crippen LogP contribution in [0.4, 0.5) is 20.6 Å². The van der Waals surface area contributed by atoms with Gasteiger partial charge < -0.3 is 20.1 Å². The van der Waals surface area contributed by atoms with Gasteiger partial charge in [0.2, 0.25) is 10.0 Å². The first kappa shape index (κ1) is 22.9. The van der Waals surface area contributed by atoms with E-state index < -0.39 is 34.1 Å².